The first-order valence-corrected chi connectivity index (χ1v) is 8.96. The number of rotatable bonds is 9. The van der Waals surface area contributed by atoms with E-state index in [-0.39, 0.29) is 35.7 Å². The molecule has 1 aliphatic heterocycles. The van der Waals surface area contributed by atoms with Crippen LogP contribution >= 0.6 is 24.0 Å². The van der Waals surface area contributed by atoms with Gasteiger partial charge >= 0.3 is 0 Å². The highest BCUT2D eigenvalue weighted by atomic mass is 127. The molecule has 1 aromatic carbocycles. The van der Waals surface area contributed by atoms with Gasteiger partial charge in [0.2, 0.25) is 0 Å². The van der Waals surface area contributed by atoms with Gasteiger partial charge < -0.3 is 25.0 Å². The van der Waals surface area contributed by atoms with E-state index in [1.54, 1.807) is 12.0 Å². The van der Waals surface area contributed by atoms with Gasteiger partial charge in [0.1, 0.15) is 17.3 Å². The Bertz CT molecular complexity index is 572. The highest BCUT2D eigenvalue weighted by Crippen LogP contribution is 2.26. The predicted molar refractivity (Wildman–Crippen MR) is 114 cm³/mol. The van der Waals surface area contributed by atoms with Crippen molar-refractivity contribution in [3.05, 3.63) is 29.8 Å². The third kappa shape index (κ3) is 7.74. The van der Waals surface area contributed by atoms with Crippen LogP contribution in [0.15, 0.2) is 23.2 Å². The van der Waals surface area contributed by atoms with E-state index in [1.165, 1.54) is 18.2 Å². The fourth-order valence-electron chi connectivity index (χ4n) is 2.85. The molecular formula is C18H29F2IN4O2. The lowest BCUT2D eigenvalue weighted by Crippen LogP contribution is -2.44. The second-order valence-electron chi connectivity index (χ2n) is 6.01. The predicted octanol–water partition coefficient (Wildman–Crippen LogP) is 2.38. The zero-order chi connectivity index (χ0) is 18.8. The van der Waals surface area contributed by atoms with Crippen LogP contribution in [-0.2, 0) is 9.47 Å². The molecule has 0 amide bonds. The maximum Gasteiger partial charge on any atom is 0.191 e. The molecule has 0 spiro atoms. The summed E-state index contributed by atoms with van der Waals surface area (Å²) in [7, 11) is 1.63. The third-order valence-corrected chi connectivity index (χ3v) is 4.06. The summed E-state index contributed by atoms with van der Waals surface area (Å²) in [6.45, 7) is 5.97. The molecule has 0 aliphatic carbocycles. The van der Waals surface area contributed by atoms with Crippen molar-refractivity contribution in [2.45, 2.75) is 19.4 Å². The van der Waals surface area contributed by atoms with E-state index in [9.17, 15) is 8.78 Å². The normalized spacial score (nSPS) is 17.0. The van der Waals surface area contributed by atoms with E-state index in [1.807, 2.05) is 6.92 Å². The first-order chi connectivity index (χ1) is 12.7. The van der Waals surface area contributed by atoms with E-state index in [0.717, 1.165) is 13.0 Å². The molecule has 1 saturated heterocycles. The third-order valence-electron chi connectivity index (χ3n) is 4.06. The smallest absolute Gasteiger partial charge is 0.191 e. The number of methoxy groups -OCH3 is 1. The second-order valence-corrected chi connectivity index (χ2v) is 6.01. The monoisotopic (exact) mass is 498 g/mol. The number of guanidine groups is 1. The fourth-order valence-corrected chi connectivity index (χ4v) is 2.85. The van der Waals surface area contributed by atoms with Crippen LogP contribution in [0.2, 0.25) is 0 Å². The molecule has 6 nitrogen and oxygen atoms in total. The summed E-state index contributed by atoms with van der Waals surface area (Å²) in [5.74, 6) is -0.373. The molecule has 2 N–H and O–H groups in total. The molecule has 1 fully saturated rings. The molecule has 154 valence electrons. The maximum absolute atomic E-state index is 13.9. The molecule has 0 bridgehead atoms. The Labute approximate surface area is 176 Å². The standard InChI is InChI=1S/C18H28F2N4O2.HI/c1-3-21-18(22-8-10-26-12-11-25-2)23-14-7-9-24(13-14)17-15(19)5-4-6-16(17)20;/h4-6,14H,3,7-13H2,1-2H3,(H2,21,22,23);1H. The lowest BCUT2D eigenvalue weighted by atomic mass is 10.2. The summed E-state index contributed by atoms with van der Waals surface area (Å²) in [5, 5.41) is 6.51. The van der Waals surface area contributed by atoms with Crippen molar-refractivity contribution in [2.24, 2.45) is 4.99 Å². The number of aliphatic imine (C=N–C) groups is 1. The molecular weight excluding hydrogens is 469 g/mol. The molecule has 1 atom stereocenters. The molecule has 2 rings (SSSR count). The second kappa shape index (κ2) is 13.1. The Morgan fingerprint density at radius 3 is 2.67 bits per heavy atom. The Morgan fingerprint density at radius 2 is 2.00 bits per heavy atom. The van der Waals surface area contributed by atoms with Crippen LogP contribution in [0.4, 0.5) is 14.5 Å². The van der Waals surface area contributed by atoms with Crippen LogP contribution in [0, 0.1) is 11.6 Å². The van der Waals surface area contributed by atoms with Crippen LogP contribution in [0.25, 0.3) is 0 Å². The number of benzene rings is 1. The highest BCUT2D eigenvalue weighted by molar-refractivity contribution is 14.0. The van der Waals surface area contributed by atoms with E-state index in [0.29, 0.717) is 45.4 Å². The van der Waals surface area contributed by atoms with Gasteiger partial charge in [0, 0.05) is 32.8 Å². The van der Waals surface area contributed by atoms with Crippen LogP contribution in [-0.4, -0.2) is 65.1 Å². The zero-order valence-electron chi connectivity index (χ0n) is 15.8. The first-order valence-electron chi connectivity index (χ1n) is 8.96. The summed E-state index contributed by atoms with van der Waals surface area (Å²) in [4.78, 5) is 6.21. The SMILES string of the molecule is CCNC(=NCCOCCOC)NC1CCN(c2c(F)cccc2F)C1.I. The molecule has 0 saturated carbocycles. The van der Waals surface area contributed by atoms with Gasteiger partial charge in [-0.2, -0.15) is 0 Å². The molecule has 0 radical (unpaired) electrons. The average Bonchev–Trinajstić information content (AvgIpc) is 3.06. The van der Waals surface area contributed by atoms with Crippen molar-refractivity contribution in [1.82, 2.24) is 10.6 Å². The minimum atomic E-state index is -0.528. The van der Waals surface area contributed by atoms with Crippen molar-refractivity contribution in [3.63, 3.8) is 0 Å². The highest BCUT2D eigenvalue weighted by Gasteiger charge is 2.27. The number of halogens is 3. The minimum Gasteiger partial charge on any atom is -0.382 e. The topological polar surface area (TPSA) is 58.1 Å². The first kappa shape index (κ1) is 23.8. The van der Waals surface area contributed by atoms with Crippen molar-refractivity contribution < 1.29 is 18.3 Å². The van der Waals surface area contributed by atoms with Gasteiger partial charge in [0.15, 0.2) is 5.96 Å². The van der Waals surface area contributed by atoms with E-state index < -0.39 is 11.6 Å². The van der Waals surface area contributed by atoms with Gasteiger partial charge in [0.25, 0.3) is 0 Å². The van der Waals surface area contributed by atoms with Crippen molar-refractivity contribution >= 4 is 35.6 Å². The Balaban J connectivity index is 0.00000364. The lowest BCUT2D eigenvalue weighted by Gasteiger charge is -2.21. The summed E-state index contributed by atoms with van der Waals surface area (Å²) in [6, 6.07) is 4.02. The number of hydrogen-bond acceptors (Lipinski definition) is 4. The van der Waals surface area contributed by atoms with Crippen LogP contribution in [0.5, 0.6) is 0 Å². The van der Waals surface area contributed by atoms with Crippen LogP contribution in [0.3, 0.4) is 0 Å². The number of hydrogen-bond donors (Lipinski definition) is 2. The van der Waals surface area contributed by atoms with Gasteiger partial charge in [-0.3, -0.25) is 4.99 Å². The van der Waals surface area contributed by atoms with Gasteiger partial charge in [-0.05, 0) is 25.5 Å². The van der Waals surface area contributed by atoms with E-state index in [4.69, 9.17) is 9.47 Å². The number of anilines is 1. The number of nitrogens with one attached hydrogen (secondary N) is 2. The van der Waals surface area contributed by atoms with Crippen molar-refractivity contribution in [1.29, 1.82) is 0 Å². The average molecular weight is 498 g/mol. The molecule has 1 heterocycles. The van der Waals surface area contributed by atoms with Gasteiger partial charge in [-0.15, -0.1) is 24.0 Å². The Hall–Kier alpha value is -1.20. The Morgan fingerprint density at radius 1 is 1.26 bits per heavy atom. The molecule has 0 aromatic heterocycles. The zero-order valence-corrected chi connectivity index (χ0v) is 18.2. The summed E-state index contributed by atoms with van der Waals surface area (Å²) >= 11 is 0. The van der Waals surface area contributed by atoms with Crippen molar-refractivity contribution in [2.75, 3.05) is 58.0 Å². The van der Waals surface area contributed by atoms with Gasteiger partial charge in [-0.25, -0.2) is 8.78 Å². The number of nitrogens with zero attached hydrogens (tertiary/aromatic N) is 2. The largest absolute Gasteiger partial charge is 0.382 e. The Kier molecular flexibility index (Phi) is 11.5. The summed E-state index contributed by atoms with van der Waals surface area (Å²) in [6.07, 6.45) is 0.780. The van der Waals surface area contributed by atoms with E-state index >= 15 is 0 Å². The summed E-state index contributed by atoms with van der Waals surface area (Å²) in [5.41, 5.74) is 0.0466. The lowest BCUT2D eigenvalue weighted by molar-refractivity contribution is 0.0748. The quantitative estimate of drug-likeness (QED) is 0.237. The number of para-hydroxylation sites is 1. The van der Waals surface area contributed by atoms with Gasteiger partial charge in [-0.1, -0.05) is 6.07 Å². The molecule has 1 unspecified atom stereocenters. The fraction of sp³-hybridized carbons (Fsp3) is 0.611. The van der Waals surface area contributed by atoms with Crippen LogP contribution in [0.1, 0.15) is 13.3 Å². The van der Waals surface area contributed by atoms with E-state index in [2.05, 4.69) is 15.6 Å². The molecule has 27 heavy (non-hydrogen) atoms. The van der Waals surface area contributed by atoms with Crippen molar-refractivity contribution in [3.8, 4) is 0 Å². The molecule has 1 aromatic rings. The summed E-state index contributed by atoms with van der Waals surface area (Å²) < 4.78 is 38.2. The maximum atomic E-state index is 13.9. The van der Waals surface area contributed by atoms with Crippen LogP contribution < -0.4 is 15.5 Å². The number of ether oxygens (including phenoxy) is 2. The molecule has 9 heteroatoms. The molecule has 1 aliphatic rings. The van der Waals surface area contributed by atoms with Gasteiger partial charge in [0.05, 0.1) is 26.4 Å². The minimum absolute atomic E-state index is 0.